The summed E-state index contributed by atoms with van der Waals surface area (Å²) in [5.41, 5.74) is 0.539. The molecule has 0 fully saturated rings. The number of hydrogen-bond acceptors (Lipinski definition) is 5. The molecule has 1 aliphatic rings. The molecule has 0 radical (unpaired) electrons. The van der Waals surface area contributed by atoms with Crippen LogP contribution in [0.25, 0.3) is 5.57 Å². The third kappa shape index (κ3) is 4.34. The smallest absolute Gasteiger partial charge is 0.282 e. The molecule has 6 nitrogen and oxygen atoms in total. The molecule has 2 amide bonds. The molecule has 0 spiro atoms. The van der Waals surface area contributed by atoms with E-state index in [0.717, 1.165) is 4.90 Å². The van der Waals surface area contributed by atoms with Crippen molar-refractivity contribution in [3.63, 3.8) is 0 Å². The van der Waals surface area contributed by atoms with Crippen molar-refractivity contribution in [3.8, 4) is 11.5 Å². The number of amides is 2. The molecule has 0 bridgehead atoms. The molecular formula is C26H22F2N2O4. The number of para-hydroxylation sites is 1. The lowest BCUT2D eigenvalue weighted by molar-refractivity contribution is -0.120. The Labute approximate surface area is 195 Å². The van der Waals surface area contributed by atoms with Crippen LogP contribution in [0.4, 0.5) is 20.2 Å². The number of nitrogens with zero attached hydrogens (tertiary/aromatic N) is 1. The third-order valence-electron chi connectivity index (χ3n) is 5.12. The maximum Gasteiger partial charge on any atom is 0.282 e. The molecule has 0 aromatic heterocycles. The fourth-order valence-electron chi connectivity index (χ4n) is 3.66. The van der Waals surface area contributed by atoms with Gasteiger partial charge in [0.05, 0.1) is 24.5 Å². The van der Waals surface area contributed by atoms with Gasteiger partial charge in [-0.05, 0) is 55.8 Å². The zero-order valence-corrected chi connectivity index (χ0v) is 18.6. The number of ether oxygens (including phenoxy) is 2. The van der Waals surface area contributed by atoms with Gasteiger partial charge in [-0.1, -0.05) is 24.3 Å². The van der Waals surface area contributed by atoms with E-state index in [1.807, 2.05) is 13.8 Å². The van der Waals surface area contributed by atoms with E-state index in [2.05, 4.69) is 5.32 Å². The van der Waals surface area contributed by atoms with Crippen LogP contribution in [0, 0.1) is 11.6 Å². The predicted octanol–water partition coefficient (Wildman–Crippen LogP) is 5.16. The van der Waals surface area contributed by atoms with Crippen molar-refractivity contribution in [2.45, 2.75) is 13.8 Å². The number of rotatable bonds is 8. The average molecular weight is 464 g/mol. The van der Waals surface area contributed by atoms with Gasteiger partial charge in [-0.2, -0.15) is 0 Å². The highest BCUT2D eigenvalue weighted by atomic mass is 19.1. The van der Waals surface area contributed by atoms with E-state index >= 15 is 0 Å². The van der Waals surface area contributed by atoms with E-state index in [4.69, 9.17) is 9.47 Å². The molecule has 0 atom stereocenters. The summed E-state index contributed by atoms with van der Waals surface area (Å²) in [7, 11) is 0. The molecule has 1 heterocycles. The second-order valence-corrected chi connectivity index (χ2v) is 7.31. The first-order chi connectivity index (χ1) is 16.4. The number of carbonyl (C=O) groups is 2. The zero-order valence-electron chi connectivity index (χ0n) is 18.6. The van der Waals surface area contributed by atoms with Gasteiger partial charge in [0.25, 0.3) is 11.8 Å². The Morgan fingerprint density at radius 2 is 1.50 bits per heavy atom. The molecule has 3 aromatic carbocycles. The fraction of sp³-hybridized carbons (Fsp3) is 0.154. The van der Waals surface area contributed by atoms with Crippen molar-refractivity contribution in [2.24, 2.45) is 0 Å². The predicted molar refractivity (Wildman–Crippen MR) is 125 cm³/mol. The molecular weight excluding hydrogens is 442 g/mol. The standard InChI is InChI=1S/C26H22F2N2O4/c1-3-33-21-14-13-18(15-22(21)34-4-2)29-24-23(16-9-11-17(27)12-10-16)25(31)30(26(24)32)20-8-6-5-7-19(20)28/h5-15,29H,3-4H2,1-2H3. The quantitative estimate of drug-likeness (QED) is 0.467. The van der Waals surface area contributed by atoms with Crippen LogP contribution in [0.5, 0.6) is 11.5 Å². The summed E-state index contributed by atoms with van der Waals surface area (Å²) in [6.45, 7) is 4.51. The number of carbonyl (C=O) groups excluding carboxylic acids is 2. The first kappa shape index (κ1) is 23.0. The van der Waals surface area contributed by atoms with Crippen molar-refractivity contribution in [3.05, 3.63) is 89.6 Å². The second-order valence-electron chi connectivity index (χ2n) is 7.31. The summed E-state index contributed by atoms with van der Waals surface area (Å²) in [5, 5.41) is 2.99. The van der Waals surface area contributed by atoms with Crippen molar-refractivity contribution < 1.29 is 27.8 Å². The van der Waals surface area contributed by atoms with Crippen LogP contribution in [0.15, 0.2) is 72.4 Å². The molecule has 1 N–H and O–H groups in total. The van der Waals surface area contributed by atoms with E-state index < -0.39 is 23.4 Å². The number of benzene rings is 3. The largest absolute Gasteiger partial charge is 0.490 e. The van der Waals surface area contributed by atoms with Gasteiger partial charge in [-0.3, -0.25) is 9.59 Å². The van der Waals surface area contributed by atoms with E-state index in [0.29, 0.717) is 36.0 Å². The summed E-state index contributed by atoms with van der Waals surface area (Å²) in [6.07, 6.45) is 0. The minimum absolute atomic E-state index is 0.0000904. The van der Waals surface area contributed by atoms with Crippen molar-refractivity contribution in [2.75, 3.05) is 23.4 Å². The van der Waals surface area contributed by atoms with Gasteiger partial charge in [0, 0.05) is 11.8 Å². The van der Waals surface area contributed by atoms with Crippen LogP contribution >= 0.6 is 0 Å². The molecule has 0 saturated carbocycles. The van der Waals surface area contributed by atoms with Crippen LogP contribution in [0.3, 0.4) is 0 Å². The van der Waals surface area contributed by atoms with E-state index in [1.165, 1.54) is 48.5 Å². The minimum atomic E-state index is -0.735. The Bertz CT molecular complexity index is 1270. The Balaban J connectivity index is 1.80. The summed E-state index contributed by atoms with van der Waals surface area (Å²) >= 11 is 0. The number of halogens is 2. The Hall–Kier alpha value is -4.20. The van der Waals surface area contributed by atoms with Gasteiger partial charge in [-0.15, -0.1) is 0 Å². The maximum atomic E-state index is 14.5. The fourth-order valence-corrected chi connectivity index (χ4v) is 3.66. The summed E-state index contributed by atoms with van der Waals surface area (Å²) in [6, 6.07) is 15.7. The molecule has 1 aliphatic heterocycles. The van der Waals surface area contributed by atoms with Gasteiger partial charge in [0.15, 0.2) is 11.5 Å². The summed E-state index contributed by atoms with van der Waals surface area (Å²) in [4.78, 5) is 27.5. The van der Waals surface area contributed by atoms with Crippen molar-refractivity contribution in [1.82, 2.24) is 0 Å². The Kier molecular flexibility index (Phi) is 6.58. The van der Waals surface area contributed by atoms with Crippen LogP contribution in [-0.4, -0.2) is 25.0 Å². The topological polar surface area (TPSA) is 67.9 Å². The molecule has 4 rings (SSSR count). The lowest BCUT2D eigenvalue weighted by atomic mass is 10.0. The van der Waals surface area contributed by atoms with Gasteiger partial charge < -0.3 is 14.8 Å². The summed E-state index contributed by atoms with van der Waals surface area (Å²) < 4.78 is 39.3. The number of hydrogen-bond donors (Lipinski definition) is 1. The molecule has 0 unspecified atom stereocenters. The first-order valence-electron chi connectivity index (χ1n) is 10.7. The summed E-state index contributed by atoms with van der Waals surface area (Å²) in [5.74, 6) is -1.68. The lowest BCUT2D eigenvalue weighted by Crippen LogP contribution is -2.33. The minimum Gasteiger partial charge on any atom is -0.490 e. The van der Waals surface area contributed by atoms with Gasteiger partial charge in [0.1, 0.15) is 17.3 Å². The monoisotopic (exact) mass is 464 g/mol. The van der Waals surface area contributed by atoms with Crippen LogP contribution in [0.1, 0.15) is 19.4 Å². The van der Waals surface area contributed by atoms with Crippen LogP contribution in [0.2, 0.25) is 0 Å². The van der Waals surface area contributed by atoms with Gasteiger partial charge in [-0.25, -0.2) is 13.7 Å². The van der Waals surface area contributed by atoms with E-state index in [9.17, 15) is 18.4 Å². The highest BCUT2D eigenvalue weighted by Crippen LogP contribution is 2.36. The highest BCUT2D eigenvalue weighted by molar-refractivity contribution is 6.46. The highest BCUT2D eigenvalue weighted by Gasteiger charge is 2.41. The molecule has 3 aromatic rings. The molecule has 34 heavy (non-hydrogen) atoms. The Morgan fingerprint density at radius 3 is 2.18 bits per heavy atom. The number of imide groups is 1. The lowest BCUT2D eigenvalue weighted by Gasteiger charge is -2.16. The zero-order chi connectivity index (χ0) is 24.2. The normalized spacial score (nSPS) is 13.5. The maximum absolute atomic E-state index is 14.5. The van der Waals surface area contributed by atoms with Gasteiger partial charge >= 0.3 is 0 Å². The molecule has 0 aliphatic carbocycles. The van der Waals surface area contributed by atoms with E-state index in [1.54, 1.807) is 18.2 Å². The molecule has 0 saturated heterocycles. The van der Waals surface area contributed by atoms with Crippen molar-refractivity contribution >= 4 is 28.8 Å². The van der Waals surface area contributed by atoms with Crippen LogP contribution in [-0.2, 0) is 9.59 Å². The van der Waals surface area contributed by atoms with Gasteiger partial charge in [0.2, 0.25) is 0 Å². The third-order valence-corrected chi connectivity index (χ3v) is 5.12. The Morgan fingerprint density at radius 1 is 0.824 bits per heavy atom. The molecule has 174 valence electrons. The van der Waals surface area contributed by atoms with Crippen molar-refractivity contribution in [1.29, 1.82) is 0 Å². The number of anilines is 2. The molecule has 8 heteroatoms. The number of nitrogens with one attached hydrogen (secondary N) is 1. The second kappa shape index (κ2) is 9.74. The van der Waals surface area contributed by atoms with E-state index in [-0.39, 0.29) is 17.0 Å². The first-order valence-corrected chi connectivity index (χ1v) is 10.7. The SMILES string of the molecule is CCOc1ccc(NC2=C(c3ccc(F)cc3)C(=O)N(c3ccccc3F)C2=O)cc1OCC. The van der Waals surface area contributed by atoms with Crippen LogP contribution < -0.4 is 19.7 Å². The average Bonchev–Trinajstić information content (AvgIpc) is 3.06.